The van der Waals surface area contributed by atoms with Crippen LogP contribution in [0.3, 0.4) is 0 Å². The topological polar surface area (TPSA) is 69.4 Å². The van der Waals surface area contributed by atoms with Gasteiger partial charge in [-0.2, -0.15) is 0 Å². The zero-order valence-electron chi connectivity index (χ0n) is 13.3. The first kappa shape index (κ1) is 16.2. The summed E-state index contributed by atoms with van der Waals surface area (Å²) in [6, 6.07) is 2.05. The molecule has 0 bridgehead atoms. The van der Waals surface area contributed by atoms with E-state index in [1.165, 1.54) is 0 Å². The molecule has 0 saturated carbocycles. The van der Waals surface area contributed by atoms with Gasteiger partial charge in [0.15, 0.2) is 0 Å². The van der Waals surface area contributed by atoms with E-state index in [1.54, 1.807) is 6.20 Å². The minimum Gasteiger partial charge on any atom is -0.383 e. The summed E-state index contributed by atoms with van der Waals surface area (Å²) in [5.41, 5.74) is 8.12. The third-order valence-electron chi connectivity index (χ3n) is 4.23. The number of anilines is 1. The number of likely N-dealkylation sites (N-methyl/N-ethyl adjacent to an activating group) is 1. The second kappa shape index (κ2) is 7.20. The van der Waals surface area contributed by atoms with Gasteiger partial charge in [0.25, 0.3) is 0 Å². The van der Waals surface area contributed by atoms with Crippen LogP contribution in [-0.2, 0) is 9.47 Å². The molecule has 2 heterocycles. The van der Waals surface area contributed by atoms with Crippen molar-refractivity contribution in [3.8, 4) is 0 Å². The van der Waals surface area contributed by atoms with Crippen molar-refractivity contribution in [3.63, 3.8) is 0 Å². The van der Waals surface area contributed by atoms with E-state index in [2.05, 4.69) is 24.1 Å². The highest BCUT2D eigenvalue weighted by molar-refractivity contribution is 5.47. The Labute approximate surface area is 127 Å². The fourth-order valence-corrected chi connectivity index (χ4v) is 3.24. The van der Waals surface area contributed by atoms with Gasteiger partial charge in [-0.25, -0.2) is 4.98 Å². The highest BCUT2D eigenvalue weighted by Gasteiger charge is 2.43. The molecular formula is C16H27N3O2. The number of hydrogen-bond acceptors (Lipinski definition) is 5. The standard InChI is InChI=1S/C16H27N3O2/c1-4-18-14(13-12(3)6-9-19-15(13)17)16(21-5-2)7-10-20-11-8-16/h6,9,14,18H,4-5,7-8,10-11H2,1-3H3,(H2,17,19). The van der Waals surface area contributed by atoms with E-state index in [1.807, 2.05) is 13.0 Å². The minimum absolute atomic E-state index is 0.0417. The highest BCUT2D eigenvalue weighted by atomic mass is 16.5. The van der Waals surface area contributed by atoms with Gasteiger partial charge in [0.2, 0.25) is 0 Å². The van der Waals surface area contributed by atoms with Gasteiger partial charge in [-0.05, 0) is 32.0 Å². The first-order valence-corrected chi connectivity index (χ1v) is 7.80. The number of nitrogen functional groups attached to an aromatic ring is 1. The Morgan fingerprint density at radius 2 is 2.14 bits per heavy atom. The van der Waals surface area contributed by atoms with Crippen LogP contribution >= 0.6 is 0 Å². The van der Waals surface area contributed by atoms with Gasteiger partial charge in [-0.15, -0.1) is 0 Å². The third kappa shape index (κ3) is 3.36. The molecule has 1 aromatic heterocycles. The molecule has 5 nitrogen and oxygen atoms in total. The number of aryl methyl sites for hydroxylation is 1. The number of ether oxygens (including phenoxy) is 2. The molecule has 0 spiro atoms. The van der Waals surface area contributed by atoms with E-state index < -0.39 is 0 Å². The van der Waals surface area contributed by atoms with Crippen LogP contribution in [0.25, 0.3) is 0 Å². The van der Waals surface area contributed by atoms with Gasteiger partial charge in [0.1, 0.15) is 5.82 Å². The van der Waals surface area contributed by atoms with Crippen molar-refractivity contribution in [1.29, 1.82) is 0 Å². The molecule has 1 atom stereocenters. The smallest absolute Gasteiger partial charge is 0.128 e. The number of pyridine rings is 1. The zero-order chi connectivity index (χ0) is 15.3. The van der Waals surface area contributed by atoms with Crippen LogP contribution in [0.1, 0.15) is 43.9 Å². The molecule has 1 fully saturated rings. The second-order valence-corrected chi connectivity index (χ2v) is 5.53. The molecule has 2 rings (SSSR count). The average molecular weight is 293 g/mol. The zero-order valence-corrected chi connectivity index (χ0v) is 13.3. The SMILES string of the molecule is CCNC(c1c(C)ccnc1N)C1(OCC)CCOCC1. The first-order chi connectivity index (χ1) is 10.1. The van der Waals surface area contributed by atoms with Crippen LogP contribution in [0.2, 0.25) is 0 Å². The van der Waals surface area contributed by atoms with E-state index in [4.69, 9.17) is 15.2 Å². The van der Waals surface area contributed by atoms with Crippen molar-refractivity contribution in [2.75, 3.05) is 32.1 Å². The predicted octanol–water partition coefficient (Wildman–Crippen LogP) is 2.21. The van der Waals surface area contributed by atoms with Gasteiger partial charge in [0.05, 0.1) is 11.6 Å². The fourth-order valence-electron chi connectivity index (χ4n) is 3.24. The summed E-state index contributed by atoms with van der Waals surface area (Å²) in [5, 5.41) is 3.58. The van der Waals surface area contributed by atoms with Gasteiger partial charge in [0, 0.05) is 44.4 Å². The Bertz CT molecular complexity index is 433. The third-order valence-corrected chi connectivity index (χ3v) is 4.23. The van der Waals surface area contributed by atoms with Crippen molar-refractivity contribution in [3.05, 3.63) is 23.4 Å². The highest BCUT2D eigenvalue weighted by Crippen LogP contribution is 2.40. The van der Waals surface area contributed by atoms with Crippen LogP contribution in [0.15, 0.2) is 12.3 Å². The van der Waals surface area contributed by atoms with Gasteiger partial charge in [-0.1, -0.05) is 6.92 Å². The Kier molecular flexibility index (Phi) is 5.56. The largest absolute Gasteiger partial charge is 0.383 e. The van der Waals surface area contributed by atoms with Crippen LogP contribution < -0.4 is 11.1 Å². The number of aromatic nitrogens is 1. The van der Waals surface area contributed by atoms with Crippen molar-refractivity contribution >= 4 is 5.82 Å². The predicted molar refractivity (Wildman–Crippen MR) is 84.2 cm³/mol. The molecule has 21 heavy (non-hydrogen) atoms. The number of nitrogens with two attached hydrogens (primary N) is 1. The van der Waals surface area contributed by atoms with Crippen LogP contribution in [0.5, 0.6) is 0 Å². The fraction of sp³-hybridized carbons (Fsp3) is 0.688. The lowest BCUT2D eigenvalue weighted by Gasteiger charge is -2.44. The molecule has 1 aliphatic heterocycles. The summed E-state index contributed by atoms with van der Waals surface area (Å²) in [5.74, 6) is 0.589. The Hall–Kier alpha value is -1.17. The van der Waals surface area contributed by atoms with Crippen LogP contribution in [0, 0.1) is 6.92 Å². The molecule has 1 unspecified atom stereocenters. The molecule has 0 amide bonds. The Morgan fingerprint density at radius 3 is 2.71 bits per heavy atom. The number of hydrogen-bond donors (Lipinski definition) is 2. The normalized spacial score (nSPS) is 19.4. The second-order valence-electron chi connectivity index (χ2n) is 5.53. The monoisotopic (exact) mass is 293 g/mol. The summed E-state index contributed by atoms with van der Waals surface area (Å²) >= 11 is 0. The van der Waals surface area contributed by atoms with E-state index in [9.17, 15) is 0 Å². The van der Waals surface area contributed by atoms with Crippen molar-refractivity contribution in [1.82, 2.24) is 10.3 Å². The average Bonchev–Trinajstić information content (AvgIpc) is 2.47. The summed E-state index contributed by atoms with van der Waals surface area (Å²) in [7, 11) is 0. The van der Waals surface area contributed by atoms with Gasteiger partial charge >= 0.3 is 0 Å². The summed E-state index contributed by atoms with van der Waals surface area (Å²) in [6.07, 6.45) is 3.49. The summed E-state index contributed by atoms with van der Waals surface area (Å²) < 4.78 is 11.8. The number of nitrogens with zero attached hydrogens (tertiary/aromatic N) is 1. The van der Waals surface area contributed by atoms with E-state index >= 15 is 0 Å². The Morgan fingerprint density at radius 1 is 1.43 bits per heavy atom. The maximum absolute atomic E-state index is 6.22. The van der Waals surface area contributed by atoms with Crippen molar-refractivity contribution in [2.45, 2.75) is 45.3 Å². The van der Waals surface area contributed by atoms with Gasteiger partial charge < -0.3 is 20.5 Å². The van der Waals surface area contributed by atoms with Crippen molar-refractivity contribution in [2.24, 2.45) is 0 Å². The molecule has 0 aromatic carbocycles. The first-order valence-electron chi connectivity index (χ1n) is 7.80. The van der Waals surface area contributed by atoms with E-state index in [-0.39, 0.29) is 11.6 Å². The molecule has 0 radical (unpaired) electrons. The van der Waals surface area contributed by atoms with Crippen molar-refractivity contribution < 1.29 is 9.47 Å². The number of nitrogens with one attached hydrogen (secondary N) is 1. The molecule has 5 heteroatoms. The maximum atomic E-state index is 6.22. The Balaban J connectivity index is 2.44. The molecule has 0 aliphatic carbocycles. The lowest BCUT2D eigenvalue weighted by molar-refractivity contribution is -0.127. The molecule has 1 aromatic rings. The maximum Gasteiger partial charge on any atom is 0.128 e. The van der Waals surface area contributed by atoms with Crippen LogP contribution in [-0.4, -0.2) is 37.0 Å². The van der Waals surface area contributed by atoms with Gasteiger partial charge in [-0.3, -0.25) is 0 Å². The van der Waals surface area contributed by atoms with E-state index in [0.717, 1.165) is 43.7 Å². The molecule has 3 N–H and O–H groups in total. The summed E-state index contributed by atoms with van der Waals surface area (Å²) in [4.78, 5) is 4.28. The van der Waals surface area contributed by atoms with E-state index in [0.29, 0.717) is 12.4 Å². The van der Waals surface area contributed by atoms with Crippen LogP contribution in [0.4, 0.5) is 5.82 Å². The molecule has 1 aliphatic rings. The molecule has 1 saturated heterocycles. The lowest BCUT2D eigenvalue weighted by Crippen LogP contribution is -2.50. The molecule has 118 valence electrons. The molecular weight excluding hydrogens is 266 g/mol. The summed E-state index contributed by atoms with van der Waals surface area (Å²) in [6.45, 7) is 9.21. The minimum atomic E-state index is -0.273. The quantitative estimate of drug-likeness (QED) is 0.841. The number of rotatable bonds is 6. The lowest BCUT2D eigenvalue weighted by atomic mass is 9.80.